The van der Waals surface area contributed by atoms with Gasteiger partial charge in [-0.05, 0) is 23.8 Å². The molecule has 7 heteroatoms. The van der Waals surface area contributed by atoms with Crippen LogP contribution in [-0.4, -0.2) is 22.3 Å². The Kier molecular flexibility index (Phi) is 3.55. The van der Waals surface area contributed by atoms with Crippen molar-refractivity contribution >= 4 is 5.91 Å². The lowest BCUT2D eigenvalue weighted by molar-refractivity contribution is -0.121. The fourth-order valence-electron chi connectivity index (χ4n) is 1.97. The highest BCUT2D eigenvalue weighted by Gasteiger charge is 2.13. The number of fused-ring (bicyclic) bond motifs is 1. The molecular formula is C14H13N3O4. The fourth-order valence-corrected chi connectivity index (χ4v) is 1.97. The Bertz CT molecular complexity index is 726. The van der Waals surface area contributed by atoms with Crippen LogP contribution < -0.4 is 20.5 Å². The Morgan fingerprint density at radius 3 is 3.05 bits per heavy atom. The maximum atomic E-state index is 11.8. The van der Waals surface area contributed by atoms with E-state index in [0.717, 1.165) is 5.56 Å². The minimum Gasteiger partial charge on any atom is -0.454 e. The summed E-state index contributed by atoms with van der Waals surface area (Å²) in [4.78, 5) is 26.8. The van der Waals surface area contributed by atoms with E-state index >= 15 is 0 Å². The van der Waals surface area contributed by atoms with Crippen LogP contribution in [0.15, 0.2) is 41.5 Å². The molecule has 0 spiro atoms. The van der Waals surface area contributed by atoms with E-state index in [1.165, 1.54) is 17.0 Å². The fraction of sp³-hybridized carbons (Fsp3) is 0.214. The molecule has 0 bridgehead atoms. The van der Waals surface area contributed by atoms with Crippen molar-refractivity contribution in [1.82, 2.24) is 14.9 Å². The molecule has 21 heavy (non-hydrogen) atoms. The van der Waals surface area contributed by atoms with Crippen LogP contribution in [0.2, 0.25) is 0 Å². The smallest absolute Gasteiger partial charge is 0.347 e. The second-order valence-electron chi connectivity index (χ2n) is 4.49. The molecule has 0 fully saturated rings. The van der Waals surface area contributed by atoms with Gasteiger partial charge in [0.25, 0.3) is 0 Å². The highest BCUT2D eigenvalue weighted by atomic mass is 16.7. The minimum atomic E-state index is -0.448. The third-order valence-electron chi connectivity index (χ3n) is 3.02. The number of hydrogen-bond donors (Lipinski definition) is 1. The zero-order valence-electron chi connectivity index (χ0n) is 11.1. The minimum absolute atomic E-state index is 0.0583. The summed E-state index contributed by atoms with van der Waals surface area (Å²) in [6.45, 7) is 0.511. The lowest BCUT2D eigenvalue weighted by atomic mass is 10.2. The second-order valence-corrected chi connectivity index (χ2v) is 4.49. The van der Waals surface area contributed by atoms with Gasteiger partial charge >= 0.3 is 5.69 Å². The van der Waals surface area contributed by atoms with E-state index in [-0.39, 0.29) is 19.2 Å². The second kappa shape index (κ2) is 5.66. The first-order valence-corrected chi connectivity index (χ1v) is 6.39. The number of nitrogens with zero attached hydrogens (tertiary/aromatic N) is 2. The summed E-state index contributed by atoms with van der Waals surface area (Å²) in [5.41, 5.74) is 0.446. The zero-order valence-corrected chi connectivity index (χ0v) is 11.1. The van der Waals surface area contributed by atoms with Crippen LogP contribution in [0.1, 0.15) is 5.56 Å². The van der Waals surface area contributed by atoms with Crippen molar-refractivity contribution in [3.05, 3.63) is 52.7 Å². The molecule has 0 atom stereocenters. The number of benzene rings is 1. The molecule has 2 aromatic rings. The maximum Gasteiger partial charge on any atom is 0.347 e. The van der Waals surface area contributed by atoms with Gasteiger partial charge in [-0.15, -0.1) is 0 Å². The van der Waals surface area contributed by atoms with E-state index < -0.39 is 5.69 Å². The van der Waals surface area contributed by atoms with E-state index in [2.05, 4.69) is 10.3 Å². The monoisotopic (exact) mass is 287 g/mol. The van der Waals surface area contributed by atoms with Crippen LogP contribution in [0.25, 0.3) is 0 Å². The topological polar surface area (TPSA) is 82.5 Å². The third-order valence-corrected chi connectivity index (χ3v) is 3.02. The molecule has 1 amide bonds. The number of aromatic nitrogens is 2. The van der Waals surface area contributed by atoms with E-state index in [1.807, 2.05) is 12.1 Å². The molecule has 0 saturated carbocycles. The normalized spacial score (nSPS) is 12.2. The van der Waals surface area contributed by atoms with Crippen LogP contribution in [-0.2, 0) is 17.9 Å². The van der Waals surface area contributed by atoms with Crippen molar-refractivity contribution in [3.63, 3.8) is 0 Å². The molecule has 2 heterocycles. The number of carbonyl (C=O) groups excluding carboxylic acids is 1. The van der Waals surface area contributed by atoms with Crippen LogP contribution in [0.3, 0.4) is 0 Å². The lowest BCUT2D eigenvalue weighted by Crippen LogP contribution is -2.32. The van der Waals surface area contributed by atoms with Gasteiger partial charge < -0.3 is 14.8 Å². The number of nitrogens with one attached hydrogen (secondary N) is 1. The van der Waals surface area contributed by atoms with Gasteiger partial charge in [0, 0.05) is 18.9 Å². The molecule has 0 aliphatic carbocycles. The Hall–Kier alpha value is -2.83. The molecule has 0 saturated heterocycles. The van der Waals surface area contributed by atoms with Crippen LogP contribution in [0.4, 0.5) is 0 Å². The van der Waals surface area contributed by atoms with Crippen molar-refractivity contribution < 1.29 is 14.3 Å². The van der Waals surface area contributed by atoms with Gasteiger partial charge in [0.2, 0.25) is 12.7 Å². The van der Waals surface area contributed by atoms with Crippen molar-refractivity contribution in [2.45, 2.75) is 13.1 Å². The summed E-state index contributed by atoms with van der Waals surface area (Å²) in [7, 11) is 0. The Morgan fingerprint density at radius 1 is 1.33 bits per heavy atom. The van der Waals surface area contributed by atoms with Gasteiger partial charge in [-0.3, -0.25) is 9.36 Å². The lowest BCUT2D eigenvalue weighted by Gasteiger charge is -2.07. The van der Waals surface area contributed by atoms with Crippen molar-refractivity contribution in [2.75, 3.05) is 6.79 Å². The van der Waals surface area contributed by atoms with Gasteiger partial charge in [0.15, 0.2) is 11.5 Å². The predicted molar refractivity (Wildman–Crippen MR) is 72.9 cm³/mol. The molecular weight excluding hydrogens is 274 g/mol. The molecule has 108 valence electrons. The molecule has 1 N–H and O–H groups in total. The Labute approximate surface area is 120 Å². The largest absolute Gasteiger partial charge is 0.454 e. The molecule has 0 unspecified atom stereocenters. The highest BCUT2D eigenvalue weighted by Crippen LogP contribution is 2.32. The van der Waals surface area contributed by atoms with Gasteiger partial charge in [-0.25, -0.2) is 9.78 Å². The number of amides is 1. The molecule has 1 aliphatic rings. The van der Waals surface area contributed by atoms with Gasteiger partial charge in [0.05, 0.1) is 0 Å². The average molecular weight is 287 g/mol. The molecule has 1 aliphatic heterocycles. The van der Waals surface area contributed by atoms with Crippen LogP contribution in [0.5, 0.6) is 11.5 Å². The summed E-state index contributed by atoms with van der Waals surface area (Å²) in [6.07, 6.45) is 2.92. The van der Waals surface area contributed by atoms with Crippen LogP contribution >= 0.6 is 0 Å². The number of ether oxygens (including phenoxy) is 2. The van der Waals surface area contributed by atoms with Crippen molar-refractivity contribution in [1.29, 1.82) is 0 Å². The predicted octanol–water partition coefficient (Wildman–Crippen LogP) is 0.288. The number of hydrogen-bond acceptors (Lipinski definition) is 5. The SMILES string of the molecule is O=C(Cn1cccnc1=O)NCc1ccc2c(c1)OCO2. The van der Waals surface area contributed by atoms with Crippen molar-refractivity contribution in [2.24, 2.45) is 0 Å². The standard InChI is InChI=1S/C14H13N3O4/c18-13(8-17-5-1-4-15-14(17)19)16-7-10-2-3-11-12(6-10)21-9-20-11/h1-6H,7-9H2,(H,16,18). The molecule has 1 aromatic carbocycles. The van der Waals surface area contributed by atoms with Gasteiger partial charge in [-0.1, -0.05) is 6.07 Å². The highest BCUT2D eigenvalue weighted by molar-refractivity contribution is 5.75. The zero-order chi connectivity index (χ0) is 14.7. The summed E-state index contributed by atoms with van der Waals surface area (Å²) in [6, 6.07) is 7.07. The van der Waals surface area contributed by atoms with E-state index in [0.29, 0.717) is 18.0 Å². The van der Waals surface area contributed by atoms with E-state index in [4.69, 9.17) is 9.47 Å². The van der Waals surface area contributed by atoms with E-state index in [1.54, 1.807) is 12.1 Å². The first-order valence-electron chi connectivity index (χ1n) is 6.39. The Balaban J connectivity index is 1.59. The summed E-state index contributed by atoms with van der Waals surface area (Å²) >= 11 is 0. The van der Waals surface area contributed by atoms with Crippen molar-refractivity contribution in [3.8, 4) is 11.5 Å². The maximum absolute atomic E-state index is 11.8. The van der Waals surface area contributed by atoms with Gasteiger partial charge in [-0.2, -0.15) is 0 Å². The number of carbonyl (C=O) groups is 1. The summed E-state index contributed by atoms with van der Waals surface area (Å²) in [5.74, 6) is 1.11. The average Bonchev–Trinajstić information content (AvgIpc) is 2.95. The third kappa shape index (κ3) is 3.02. The van der Waals surface area contributed by atoms with Crippen LogP contribution in [0, 0.1) is 0 Å². The summed E-state index contributed by atoms with van der Waals surface area (Å²) < 4.78 is 11.7. The molecule has 3 rings (SSSR count). The van der Waals surface area contributed by atoms with Gasteiger partial charge in [0.1, 0.15) is 6.54 Å². The number of rotatable bonds is 4. The van der Waals surface area contributed by atoms with E-state index in [9.17, 15) is 9.59 Å². The first kappa shape index (κ1) is 13.2. The quantitative estimate of drug-likeness (QED) is 0.874. The molecule has 7 nitrogen and oxygen atoms in total. The Morgan fingerprint density at radius 2 is 2.19 bits per heavy atom. The first-order chi connectivity index (χ1) is 10.2. The molecule has 0 radical (unpaired) electrons. The molecule has 1 aromatic heterocycles. The summed E-state index contributed by atoms with van der Waals surface area (Å²) in [5, 5.41) is 2.74.